The lowest BCUT2D eigenvalue weighted by Crippen LogP contribution is -2.34. The summed E-state index contributed by atoms with van der Waals surface area (Å²) in [5.74, 6) is 1.29. The Hall–Kier alpha value is -1.43. The molecule has 0 radical (unpaired) electrons. The van der Waals surface area contributed by atoms with Crippen LogP contribution < -0.4 is 5.32 Å². The minimum atomic E-state index is 0.0959. The first kappa shape index (κ1) is 18.0. The minimum Gasteiger partial charge on any atom is -0.381 e. The largest absolute Gasteiger partial charge is 0.381 e. The molecule has 26 heavy (non-hydrogen) atoms. The molecule has 5 nitrogen and oxygen atoms in total. The van der Waals surface area contributed by atoms with Crippen molar-refractivity contribution in [3.8, 4) is 0 Å². The zero-order chi connectivity index (χ0) is 17.8. The first-order valence-corrected chi connectivity index (χ1v) is 10.0. The Morgan fingerprint density at radius 2 is 1.96 bits per heavy atom. The number of amides is 1. The van der Waals surface area contributed by atoms with E-state index in [2.05, 4.69) is 40.5 Å². The zero-order valence-corrected chi connectivity index (χ0v) is 15.4. The van der Waals surface area contributed by atoms with E-state index >= 15 is 0 Å². The molecule has 1 N–H and O–H groups in total. The van der Waals surface area contributed by atoms with Crippen LogP contribution in [0.1, 0.15) is 31.2 Å². The number of nitrogens with zero attached hydrogens (tertiary/aromatic N) is 1. The second-order valence-electron chi connectivity index (χ2n) is 8.04. The zero-order valence-electron chi connectivity index (χ0n) is 15.4. The maximum absolute atomic E-state index is 12.2. The predicted molar refractivity (Wildman–Crippen MR) is 99.7 cm³/mol. The molecule has 0 spiro atoms. The molecule has 3 saturated heterocycles. The van der Waals surface area contributed by atoms with Crippen molar-refractivity contribution in [1.82, 2.24) is 10.2 Å². The van der Waals surface area contributed by atoms with Crippen molar-refractivity contribution in [2.75, 3.05) is 32.8 Å². The second-order valence-corrected chi connectivity index (χ2v) is 8.04. The topological polar surface area (TPSA) is 50.8 Å². The summed E-state index contributed by atoms with van der Waals surface area (Å²) < 4.78 is 11.6. The van der Waals surface area contributed by atoms with Crippen LogP contribution in [-0.2, 0) is 20.8 Å². The second kappa shape index (κ2) is 8.51. The predicted octanol–water partition coefficient (Wildman–Crippen LogP) is 2.21. The molecule has 0 aliphatic carbocycles. The molecule has 0 aromatic heterocycles. The molecule has 3 fully saturated rings. The summed E-state index contributed by atoms with van der Waals surface area (Å²) in [4.78, 5) is 14.7. The fourth-order valence-electron chi connectivity index (χ4n) is 4.54. The summed E-state index contributed by atoms with van der Waals surface area (Å²) in [5, 5.41) is 3.10. The average molecular weight is 358 g/mol. The van der Waals surface area contributed by atoms with Crippen molar-refractivity contribution < 1.29 is 14.3 Å². The number of hydrogen-bond acceptors (Lipinski definition) is 4. The lowest BCUT2D eigenvalue weighted by atomic mass is 9.99. The van der Waals surface area contributed by atoms with Gasteiger partial charge in [-0.3, -0.25) is 9.69 Å². The number of benzene rings is 1. The quantitative estimate of drug-likeness (QED) is 0.847. The summed E-state index contributed by atoms with van der Waals surface area (Å²) in [5.41, 5.74) is 1.36. The van der Waals surface area contributed by atoms with E-state index in [0.717, 1.165) is 58.7 Å². The number of nitrogens with one attached hydrogen (secondary N) is 1. The number of carbonyl (C=O) groups excluding carboxylic acids is 1. The van der Waals surface area contributed by atoms with Gasteiger partial charge in [0, 0.05) is 45.3 Å². The van der Waals surface area contributed by atoms with Crippen molar-refractivity contribution in [3.05, 3.63) is 35.9 Å². The Kier molecular flexibility index (Phi) is 5.88. The van der Waals surface area contributed by atoms with Crippen LogP contribution in [0.4, 0.5) is 0 Å². The van der Waals surface area contributed by atoms with Gasteiger partial charge in [-0.2, -0.15) is 0 Å². The fourth-order valence-corrected chi connectivity index (χ4v) is 4.54. The maximum atomic E-state index is 12.2. The Balaban J connectivity index is 1.17. The van der Waals surface area contributed by atoms with Gasteiger partial charge in [0.05, 0.1) is 18.6 Å². The highest BCUT2D eigenvalue weighted by molar-refractivity contribution is 5.76. The van der Waals surface area contributed by atoms with Crippen LogP contribution in [-0.4, -0.2) is 55.9 Å². The molecule has 3 aliphatic rings. The number of carbonyl (C=O) groups is 1. The van der Waals surface area contributed by atoms with Crippen LogP contribution in [0.2, 0.25) is 0 Å². The molecule has 3 heterocycles. The van der Waals surface area contributed by atoms with E-state index < -0.39 is 0 Å². The fraction of sp³-hybridized carbons (Fsp3) is 0.667. The van der Waals surface area contributed by atoms with E-state index in [-0.39, 0.29) is 12.0 Å². The Morgan fingerprint density at radius 1 is 1.15 bits per heavy atom. The van der Waals surface area contributed by atoms with E-state index in [1.165, 1.54) is 5.56 Å². The molecule has 0 bridgehead atoms. The Morgan fingerprint density at radius 3 is 2.73 bits per heavy atom. The number of fused-ring (bicyclic) bond motifs is 1. The van der Waals surface area contributed by atoms with Crippen LogP contribution in [0.25, 0.3) is 0 Å². The number of ether oxygens (including phenoxy) is 2. The Labute approximate surface area is 156 Å². The van der Waals surface area contributed by atoms with E-state index in [1.807, 2.05) is 0 Å². The molecule has 0 unspecified atom stereocenters. The van der Waals surface area contributed by atoms with Crippen LogP contribution in [0, 0.1) is 11.8 Å². The SMILES string of the molecule is O=C(C[C@@H]1C[C@@H]2CN(Cc3ccccc3)C[C@@H]2O1)NCC1CCOCC1. The van der Waals surface area contributed by atoms with Crippen molar-refractivity contribution in [2.45, 2.75) is 44.4 Å². The number of hydrogen-bond donors (Lipinski definition) is 1. The molecule has 142 valence electrons. The summed E-state index contributed by atoms with van der Waals surface area (Å²) in [6.07, 6.45) is 4.03. The lowest BCUT2D eigenvalue weighted by Gasteiger charge is -2.22. The van der Waals surface area contributed by atoms with Gasteiger partial charge in [-0.25, -0.2) is 0 Å². The molecule has 1 aromatic carbocycles. The van der Waals surface area contributed by atoms with Crippen LogP contribution in [0.3, 0.4) is 0 Å². The normalized spacial score (nSPS) is 29.6. The highest BCUT2D eigenvalue weighted by Gasteiger charge is 2.42. The standard InChI is InChI=1S/C21H30N2O3/c24-21(22-12-16-6-8-25-9-7-16)11-19-10-18-14-23(15-20(18)26-19)13-17-4-2-1-3-5-17/h1-5,16,18-20H,6-15H2,(H,22,24)/t18-,19+,20+/m1/s1. The first-order chi connectivity index (χ1) is 12.8. The van der Waals surface area contributed by atoms with E-state index in [4.69, 9.17) is 9.47 Å². The van der Waals surface area contributed by atoms with E-state index in [9.17, 15) is 4.79 Å². The third-order valence-corrected chi connectivity index (χ3v) is 5.98. The third-order valence-electron chi connectivity index (χ3n) is 5.98. The van der Waals surface area contributed by atoms with Crippen LogP contribution >= 0.6 is 0 Å². The summed E-state index contributed by atoms with van der Waals surface area (Å²) >= 11 is 0. The number of likely N-dealkylation sites (tertiary alicyclic amines) is 1. The van der Waals surface area contributed by atoms with Crippen LogP contribution in [0.15, 0.2) is 30.3 Å². The van der Waals surface area contributed by atoms with Gasteiger partial charge in [-0.1, -0.05) is 30.3 Å². The van der Waals surface area contributed by atoms with Crippen molar-refractivity contribution in [1.29, 1.82) is 0 Å². The van der Waals surface area contributed by atoms with Gasteiger partial charge in [-0.05, 0) is 30.7 Å². The van der Waals surface area contributed by atoms with Gasteiger partial charge >= 0.3 is 0 Å². The molecular weight excluding hydrogens is 328 g/mol. The third kappa shape index (κ3) is 4.64. The lowest BCUT2D eigenvalue weighted by molar-refractivity contribution is -0.124. The van der Waals surface area contributed by atoms with Crippen molar-refractivity contribution in [2.24, 2.45) is 11.8 Å². The molecule has 5 heteroatoms. The van der Waals surface area contributed by atoms with Crippen molar-refractivity contribution in [3.63, 3.8) is 0 Å². The molecule has 0 saturated carbocycles. The molecule has 3 atom stereocenters. The van der Waals surface area contributed by atoms with E-state index in [0.29, 0.717) is 24.4 Å². The van der Waals surface area contributed by atoms with Crippen LogP contribution in [0.5, 0.6) is 0 Å². The van der Waals surface area contributed by atoms with Gasteiger partial charge in [0.15, 0.2) is 0 Å². The van der Waals surface area contributed by atoms with Gasteiger partial charge < -0.3 is 14.8 Å². The summed E-state index contributed by atoms with van der Waals surface area (Å²) in [7, 11) is 0. The Bertz CT molecular complexity index is 574. The van der Waals surface area contributed by atoms with Gasteiger partial charge in [-0.15, -0.1) is 0 Å². The number of rotatable bonds is 6. The molecule has 4 rings (SSSR count). The molecule has 1 aromatic rings. The highest BCUT2D eigenvalue weighted by atomic mass is 16.5. The summed E-state index contributed by atoms with van der Waals surface area (Å²) in [6, 6.07) is 10.6. The first-order valence-electron chi connectivity index (χ1n) is 10.0. The maximum Gasteiger partial charge on any atom is 0.222 e. The smallest absolute Gasteiger partial charge is 0.222 e. The summed E-state index contributed by atoms with van der Waals surface area (Å²) in [6.45, 7) is 5.50. The van der Waals surface area contributed by atoms with Gasteiger partial charge in [0.25, 0.3) is 0 Å². The molecular formula is C21H30N2O3. The minimum absolute atomic E-state index is 0.0959. The van der Waals surface area contributed by atoms with Gasteiger partial charge in [0.2, 0.25) is 5.91 Å². The van der Waals surface area contributed by atoms with Crippen molar-refractivity contribution >= 4 is 5.91 Å². The monoisotopic (exact) mass is 358 g/mol. The highest BCUT2D eigenvalue weighted by Crippen LogP contribution is 2.34. The molecule has 1 amide bonds. The van der Waals surface area contributed by atoms with E-state index in [1.54, 1.807) is 0 Å². The molecule has 3 aliphatic heterocycles. The van der Waals surface area contributed by atoms with Gasteiger partial charge in [0.1, 0.15) is 0 Å². The average Bonchev–Trinajstić information content (AvgIpc) is 3.19.